The van der Waals surface area contributed by atoms with Gasteiger partial charge in [0, 0.05) is 24.9 Å². The van der Waals surface area contributed by atoms with Crippen LogP contribution < -0.4 is 5.32 Å². The van der Waals surface area contributed by atoms with Crippen molar-refractivity contribution in [2.45, 2.75) is 39.3 Å². The second kappa shape index (κ2) is 6.76. The first kappa shape index (κ1) is 15.6. The molecule has 1 heterocycles. The first-order chi connectivity index (χ1) is 10.0. The molecule has 114 valence electrons. The molecule has 0 aliphatic carbocycles. The highest BCUT2D eigenvalue weighted by Gasteiger charge is 2.21. The minimum absolute atomic E-state index is 0.0706. The Morgan fingerprint density at radius 1 is 1.33 bits per heavy atom. The van der Waals surface area contributed by atoms with Crippen LogP contribution in [0.25, 0.3) is 11.0 Å². The average Bonchev–Trinajstić information content (AvgIpc) is 2.89. The molecule has 0 aliphatic heterocycles. The number of nitrogens with one attached hydrogen (secondary N) is 1. The van der Waals surface area contributed by atoms with E-state index in [1.54, 1.807) is 4.90 Å². The molecule has 2 atom stereocenters. The highest BCUT2D eigenvalue weighted by atomic mass is 16.3. The van der Waals surface area contributed by atoms with Gasteiger partial charge in [0.25, 0.3) is 0 Å². The summed E-state index contributed by atoms with van der Waals surface area (Å²) in [6.07, 6.45) is 0.495. The fourth-order valence-corrected chi connectivity index (χ4v) is 2.44. The number of nitrogens with zero attached hydrogens (tertiary/aromatic N) is 1. The van der Waals surface area contributed by atoms with Crippen molar-refractivity contribution in [1.82, 2.24) is 10.2 Å². The quantitative estimate of drug-likeness (QED) is 0.886. The maximum absolute atomic E-state index is 12.3. The highest BCUT2D eigenvalue weighted by Crippen LogP contribution is 2.27. The lowest BCUT2D eigenvalue weighted by Crippen LogP contribution is -2.36. The SMILES string of the molecule is CCNC(C)CC(=O)N(C)C(C)c1cc2ccccc2o1. The predicted molar refractivity (Wildman–Crippen MR) is 85.2 cm³/mol. The fourth-order valence-electron chi connectivity index (χ4n) is 2.44. The number of hydrogen-bond acceptors (Lipinski definition) is 3. The van der Waals surface area contributed by atoms with Crippen molar-refractivity contribution in [2.75, 3.05) is 13.6 Å². The summed E-state index contributed by atoms with van der Waals surface area (Å²) in [7, 11) is 1.83. The zero-order valence-electron chi connectivity index (χ0n) is 13.2. The molecule has 1 aromatic heterocycles. The third-order valence-electron chi connectivity index (χ3n) is 3.86. The Morgan fingerprint density at radius 2 is 2.05 bits per heavy atom. The van der Waals surface area contributed by atoms with Gasteiger partial charge in [-0.25, -0.2) is 0 Å². The third kappa shape index (κ3) is 3.64. The monoisotopic (exact) mass is 288 g/mol. The molecule has 4 nitrogen and oxygen atoms in total. The third-order valence-corrected chi connectivity index (χ3v) is 3.86. The van der Waals surface area contributed by atoms with E-state index in [0.29, 0.717) is 6.42 Å². The van der Waals surface area contributed by atoms with Crippen molar-refractivity contribution in [3.8, 4) is 0 Å². The van der Waals surface area contributed by atoms with E-state index in [-0.39, 0.29) is 18.0 Å². The van der Waals surface area contributed by atoms with E-state index in [0.717, 1.165) is 23.3 Å². The molecule has 0 spiro atoms. The molecular formula is C17H24N2O2. The van der Waals surface area contributed by atoms with Crippen LogP contribution in [0.2, 0.25) is 0 Å². The maximum atomic E-state index is 12.3. The Balaban J connectivity index is 2.07. The summed E-state index contributed by atoms with van der Waals surface area (Å²) in [4.78, 5) is 14.1. The number of carbonyl (C=O) groups excluding carboxylic acids is 1. The molecule has 0 bridgehead atoms. The van der Waals surface area contributed by atoms with Crippen LogP contribution in [0.3, 0.4) is 0 Å². The van der Waals surface area contributed by atoms with Gasteiger partial charge in [-0.15, -0.1) is 0 Å². The van der Waals surface area contributed by atoms with E-state index in [1.165, 1.54) is 0 Å². The predicted octanol–water partition coefficient (Wildman–Crippen LogP) is 3.34. The van der Waals surface area contributed by atoms with Crippen LogP contribution in [-0.2, 0) is 4.79 Å². The zero-order valence-corrected chi connectivity index (χ0v) is 13.2. The van der Waals surface area contributed by atoms with Crippen LogP contribution >= 0.6 is 0 Å². The summed E-state index contributed by atoms with van der Waals surface area (Å²) in [5, 5.41) is 4.33. The lowest BCUT2D eigenvalue weighted by molar-refractivity contribution is -0.132. The van der Waals surface area contributed by atoms with E-state index < -0.39 is 0 Å². The van der Waals surface area contributed by atoms with Crippen molar-refractivity contribution in [3.63, 3.8) is 0 Å². The van der Waals surface area contributed by atoms with Gasteiger partial charge in [-0.2, -0.15) is 0 Å². The van der Waals surface area contributed by atoms with Crippen LogP contribution in [0.15, 0.2) is 34.7 Å². The Kier molecular flexibility index (Phi) is 5.02. The largest absolute Gasteiger partial charge is 0.459 e. The average molecular weight is 288 g/mol. The zero-order chi connectivity index (χ0) is 15.4. The van der Waals surface area contributed by atoms with E-state index in [4.69, 9.17) is 4.42 Å². The van der Waals surface area contributed by atoms with Crippen molar-refractivity contribution in [3.05, 3.63) is 36.1 Å². The Labute approximate surface area is 126 Å². The Morgan fingerprint density at radius 3 is 2.71 bits per heavy atom. The van der Waals surface area contributed by atoms with Gasteiger partial charge in [0.15, 0.2) is 0 Å². The normalized spacial score (nSPS) is 14.1. The summed E-state index contributed by atoms with van der Waals surface area (Å²) in [5.41, 5.74) is 0.862. The molecular weight excluding hydrogens is 264 g/mol. The van der Waals surface area contributed by atoms with Gasteiger partial charge >= 0.3 is 0 Å². The molecule has 2 rings (SSSR count). The molecule has 0 saturated carbocycles. The van der Waals surface area contributed by atoms with Crippen molar-refractivity contribution >= 4 is 16.9 Å². The van der Waals surface area contributed by atoms with Crippen LogP contribution in [0.4, 0.5) is 0 Å². The summed E-state index contributed by atoms with van der Waals surface area (Å²) >= 11 is 0. The Hall–Kier alpha value is -1.81. The molecule has 0 fully saturated rings. The number of carbonyl (C=O) groups is 1. The topological polar surface area (TPSA) is 45.5 Å². The van der Waals surface area contributed by atoms with Crippen molar-refractivity contribution in [1.29, 1.82) is 0 Å². The van der Waals surface area contributed by atoms with E-state index in [9.17, 15) is 4.79 Å². The van der Waals surface area contributed by atoms with Crippen LogP contribution in [0, 0.1) is 0 Å². The number of hydrogen-bond donors (Lipinski definition) is 1. The van der Waals surface area contributed by atoms with E-state index >= 15 is 0 Å². The van der Waals surface area contributed by atoms with Crippen LogP contribution in [0.1, 0.15) is 39.0 Å². The van der Waals surface area contributed by atoms with Gasteiger partial charge in [0.05, 0.1) is 6.04 Å². The number of rotatable bonds is 6. The first-order valence-electron chi connectivity index (χ1n) is 7.50. The molecule has 2 unspecified atom stereocenters. The number of fused-ring (bicyclic) bond motifs is 1. The number of para-hydroxylation sites is 1. The molecule has 1 N–H and O–H groups in total. The maximum Gasteiger partial charge on any atom is 0.224 e. The lowest BCUT2D eigenvalue weighted by atomic mass is 10.1. The van der Waals surface area contributed by atoms with Gasteiger partial charge in [-0.1, -0.05) is 25.1 Å². The molecule has 4 heteroatoms. The van der Waals surface area contributed by atoms with Crippen molar-refractivity contribution in [2.24, 2.45) is 0 Å². The van der Waals surface area contributed by atoms with Crippen LogP contribution in [0.5, 0.6) is 0 Å². The molecule has 0 radical (unpaired) electrons. The van der Waals surface area contributed by atoms with Crippen LogP contribution in [-0.4, -0.2) is 30.4 Å². The minimum Gasteiger partial charge on any atom is -0.459 e. The molecule has 21 heavy (non-hydrogen) atoms. The second-order valence-corrected chi connectivity index (χ2v) is 5.53. The smallest absolute Gasteiger partial charge is 0.224 e. The first-order valence-corrected chi connectivity index (χ1v) is 7.50. The number of benzene rings is 1. The summed E-state index contributed by atoms with van der Waals surface area (Å²) in [6.45, 7) is 6.94. The second-order valence-electron chi connectivity index (χ2n) is 5.53. The highest BCUT2D eigenvalue weighted by molar-refractivity contribution is 5.79. The minimum atomic E-state index is -0.0706. The number of furan rings is 1. The summed E-state index contributed by atoms with van der Waals surface area (Å²) in [6, 6.07) is 10.0. The van der Waals surface area contributed by atoms with Gasteiger partial charge < -0.3 is 14.6 Å². The van der Waals surface area contributed by atoms with E-state index in [2.05, 4.69) is 5.32 Å². The standard InChI is InChI=1S/C17H24N2O2/c1-5-18-12(2)10-17(20)19(4)13(3)16-11-14-8-6-7-9-15(14)21-16/h6-9,11-13,18H,5,10H2,1-4H3. The Bertz CT molecular complexity index is 573. The van der Waals surface area contributed by atoms with Gasteiger partial charge in [0.1, 0.15) is 11.3 Å². The molecule has 1 aromatic carbocycles. The molecule has 2 aromatic rings. The van der Waals surface area contributed by atoms with Crippen molar-refractivity contribution < 1.29 is 9.21 Å². The molecule has 0 aliphatic rings. The van der Waals surface area contributed by atoms with E-state index in [1.807, 2.05) is 58.2 Å². The summed E-state index contributed by atoms with van der Waals surface area (Å²) < 4.78 is 5.84. The van der Waals surface area contributed by atoms with Gasteiger partial charge in [-0.3, -0.25) is 4.79 Å². The van der Waals surface area contributed by atoms with Gasteiger partial charge in [-0.05, 0) is 32.5 Å². The van der Waals surface area contributed by atoms with Gasteiger partial charge in [0.2, 0.25) is 5.91 Å². The molecule has 1 amide bonds. The fraction of sp³-hybridized carbons (Fsp3) is 0.471. The summed E-state index contributed by atoms with van der Waals surface area (Å²) in [5.74, 6) is 0.944. The molecule has 0 saturated heterocycles. The number of amides is 1. The lowest BCUT2D eigenvalue weighted by Gasteiger charge is -2.25.